The molecule has 0 saturated carbocycles. The van der Waals surface area contributed by atoms with E-state index in [4.69, 9.17) is 9.66 Å². The predicted molar refractivity (Wildman–Crippen MR) is 89.2 cm³/mol. The zero-order valence-corrected chi connectivity index (χ0v) is 14.8. The first-order valence-corrected chi connectivity index (χ1v) is 8.16. The summed E-state index contributed by atoms with van der Waals surface area (Å²) in [4.78, 5) is 0.0756. The van der Waals surface area contributed by atoms with E-state index in [1.54, 1.807) is 12.1 Å². The van der Waals surface area contributed by atoms with E-state index in [2.05, 4.69) is 5.16 Å². The molecule has 0 spiro atoms. The van der Waals surface area contributed by atoms with Gasteiger partial charge in [-0.05, 0) is 24.6 Å². The summed E-state index contributed by atoms with van der Waals surface area (Å²) >= 11 is 0. The topological polar surface area (TPSA) is 86.2 Å². The molecule has 0 atom stereocenters. The van der Waals surface area contributed by atoms with Crippen molar-refractivity contribution in [2.75, 3.05) is 0 Å². The van der Waals surface area contributed by atoms with Crippen molar-refractivity contribution in [1.82, 2.24) is 5.16 Å². The van der Waals surface area contributed by atoms with Crippen LogP contribution in [0.15, 0.2) is 64.0 Å². The van der Waals surface area contributed by atoms with E-state index in [1.807, 2.05) is 37.3 Å². The van der Waals surface area contributed by atoms with Gasteiger partial charge in [-0.3, -0.25) is 0 Å². The van der Waals surface area contributed by atoms with E-state index in [9.17, 15) is 8.42 Å². The van der Waals surface area contributed by atoms with Crippen LogP contribution in [0.25, 0.3) is 22.4 Å². The maximum atomic E-state index is 11.3. The number of benzene rings is 2. The van der Waals surface area contributed by atoms with Gasteiger partial charge in [0.1, 0.15) is 11.5 Å². The molecule has 1 aromatic heterocycles. The van der Waals surface area contributed by atoms with E-state index >= 15 is 0 Å². The van der Waals surface area contributed by atoms with Crippen molar-refractivity contribution in [2.24, 2.45) is 5.14 Å². The fourth-order valence-electron chi connectivity index (χ4n) is 2.32. The zero-order chi connectivity index (χ0) is 15.7. The molecule has 0 radical (unpaired) electrons. The number of sulfonamides is 1. The number of aryl methyl sites for hydroxylation is 1. The van der Waals surface area contributed by atoms with Gasteiger partial charge in [-0.1, -0.05) is 47.6 Å². The molecule has 0 unspecified atom stereocenters. The quantitative estimate of drug-likeness (QED) is 0.744. The maximum absolute atomic E-state index is 11.3. The van der Waals surface area contributed by atoms with Crippen LogP contribution in [0, 0.1) is 6.92 Å². The van der Waals surface area contributed by atoms with Crippen LogP contribution in [0.4, 0.5) is 0 Å². The van der Waals surface area contributed by atoms with E-state index < -0.39 is 10.0 Å². The van der Waals surface area contributed by atoms with E-state index in [0.717, 1.165) is 22.4 Å². The fraction of sp³-hybridized carbons (Fsp3) is 0.0625. The molecule has 2 aromatic carbocycles. The minimum absolute atomic E-state index is 0. The Morgan fingerprint density at radius 3 is 2.13 bits per heavy atom. The summed E-state index contributed by atoms with van der Waals surface area (Å²) in [5, 5.41) is 9.23. The van der Waals surface area contributed by atoms with Gasteiger partial charge in [0.2, 0.25) is 10.0 Å². The van der Waals surface area contributed by atoms with Crippen LogP contribution in [0.3, 0.4) is 0 Å². The molecule has 0 amide bonds. The number of nitrogens with two attached hydrogens (primary N) is 1. The average molecular weight is 339 g/mol. The van der Waals surface area contributed by atoms with Gasteiger partial charge in [-0.2, -0.15) is 0 Å². The summed E-state index contributed by atoms with van der Waals surface area (Å²) in [6.07, 6.45) is 0. The van der Waals surface area contributed by atoms with Crippen LogP contribution < -0.4 is 5.14 Å². The summed E-state index contributed by atoms with van der Waals surface area (Å²) in [7, 11) is -3.70. The SMILES string of the molecule is Cc1onc(-c2ccccc2)c1-c1ccc(S(N)(=O)=O)cc1.[Mg+2]. The molecule has 1 heterocycles. The second-order valence-electron chi connectivity index (χ2n) is 4.90. The van der Waals surface area contributed by atoms with Crippen molar-refractivity contribution in [3.8, 4) is 22.4 Å². The van der Waals surface area contributed by atoms with Crippen LogP contribution in [0.5, 0.6) is 0 Å². The molecular weight excluding hydrogens is 325 g/mol. The Labute approximate surface area is 150 Å². The molecule has 0 bridgehead atoms. The molecule has 0 fully saturated rings. The van der Waals surface area contributed by atoms with Crippen molar-refractivity contribution in [3.05, 3.63) is 60.4 Å². The molecule has 5 nitrogen and oxygen atoms in total. The first-order valence-electron chi connectivity index (χ1n) is 6.62. The van der Waals surface area contributed by atoms with Crippen molar-refractivity contribution in [1.29, 1.82) is 0 Å². The summed E-state index contributed by atoms with van der Waals surface area (Å²) in [5.41, 5.74) is 3.32. The van der Waals surface area contributed by atoms with Crippen molar-refractivity contribution < 1.29 is 12.9 Å². The van der Waals surface area contributed by atoms with Crippen LogP contribution in [-0.2, 0) is 10.0 Å². The van der Waals surface area contributed by atoms with Crippen LogP contribution >= 0.6 is 0 Å². The number of nitrogens with zero attached hydrogens (tertiary/aromatic N) is 1. The Hall–Kier alpha value is -1.67. The summed E-state index contributed by atoms with van der Waals surface area (Å²) in [5.74, 6) is 0.669. The van der Waals surface area contributed by atoms with Gasteiger partial charge in [0.05, 0.1) is 10.5 Å². The van der Waals surface area contributed by atoms with Gasteiger partial charge in [-0.15, -0.1) is 0 Å². The summed E-state index contributed by atoms with van der Waals surface area (Å²) < 4.78 is 28.0. The Balaban J connectivity index is 0.00000192. The first-order chi connectivity index (χ1) is 10.5. The first kappa shape index (κ1) is 17.7. The number of rotatable bonds is 3. The van der Waals surface area contributed by atoms with E-state index in [0.29, 0.717) is 5.76 Å². The largest absolute Gasteiger partial charge is 2.00 e. The third-order valence-electron chi connectivity index (χ3n) is 3.38. The molecule has 7 heteroatoms. The molecule has 0 saturated heterocycles. The van der Waals surface area contributed by atoms with E-state index in [-0.39, 0.29) is 27.9 Å². The van der Waals surface area contributed by atoms with Crippen LogP contribution in [0.2, 0.25) is 0 Å². The van der Waals surface area contributed by atoms with Crippen LogP contribution in [0.1, 0.15) is 5.76 Å². The van der Waals surface area contributed by atoms with Crippen LogP contribution in [-0.4, -0.2) is 36.6 Å². The number of primary sulfonamides is 1. The summed E-state index contributed by atoms with van der Waals surface area (Å²) in [6.45, 7) is 1.82. The van der Waals surface area contributed by atoms with Gasteiger partial charge >= 0.3 is 23.1 Å². The Morgan fingerprint density at radius 2 is 1.57 bits per heavy atom. The van der Waals surface area contributed by atoms with Crippen molar-refractivity contribution in [2.45, 2.75) is 11.8 Å². The molecule has 0 aliphatic carbocycles. The van der Waals surface area contributed by atoms with Gasteiger partial charge < -0.3 is 4.52 Å². The Bertz CT molecular complexity index is 904. The van der Waals surface area contributed by atoms with Gasteiger partial charge in [-0.25, -0.2) is 13.6 Å². The number of hydrogen-bond acceptors (Lipinski definition) is 4. The van der Waals surface area contributed by atoms with E-state index in [1.165, 1.54) is 12.1 Å². The summed E-state index contributed by atoms with van der Waals surface area (Å²) in [6, 6.07) is 16.0. The van der Waals surface area contributed by atoms with Gasteiger partial charge in [0, 0.05) is 5.56 Å². The van der Waals surface area contributed by atoms with Crippen molar-refractivity contribution >= 4 is 33.1 Å². The zero-order valence-electron chi connectivity index (χ0n) is 12.6. The minimum atomic E-state index is -3.70. The fourth-order valence-corrected chi connectivity index (χ4v) is 2.83. The third-order valence-corrected chi connectivity index (χ3v) is 4.31. The Kier molecular flexibility index (Phi) is 5.25. The monoisotopic (exact) mass is 338 g/mol. The van der Waals surface area contributed by atoms with Crippen molar-refractivity contribution in [3.63, 3.8) is 0 Å². The smallest absolute Gasteiger partial charge is 0.360 e. The second-order valence-corrected chi connectivity index (χ2v) is 6.46. The standard InChI is InChI=1S/C16H14N2O3S.Mg/c1-11-15(12-7-9-14(10-8-12)22(17,19)20)16(18-21-11)13-5-3-2-4-6-13;/h2-10H,1H3,(H2,17,19,20);/q;+2. The second kappa shape index (κ2) is 6.84. The number of aromatic nitrogens is 1. The normalized spacial score (nSPS) is 11.0. The molecule has 23 heavy (non-hydrogen) atoms. The number of hydrogen-bond donors (Lipinski definition) is 1. The predicted octanol–water partition coefficient (Wildman–Crippen LogP) is 2.58. The molecule has 3 rings (SSSR count). The average Bonchev–Trinajstić information content (AvgIpc) is 2.89. The van der Waals surface area contributed by atoms with Gasteiger partial charge in [0.25, 0.3) is 0 Å². The molecule has 0 aliphatic rings. The Morgan fingerprint density at radius 1 is 0.957 bits per heavy atom. The molecular formula is C16H14MgN2O3S+2. The molecule has 112 valence electrons. The molecule has 0 aliphatic heterocycles. The third kappa shape index (κ3) is 3.64. The maximum Gasteiger partial charge on any atom is 2.00 e. The molecule has 2 N–H and O–H groups in total. The minimum Gasteiger partial charge on any atom is -0.360 e. The molecule has 3 aromatic rings. The van der Waals surface area contributed by atoms with Gasteiger partial charge in [0.15, 0.2) is 0 Å².